The first-order chi connectivity index (χ1) is 8.79. The first-order valence-corrected chi connectivity index (χ1v) is 6.50. The third-order valence-electron chi connectivity index (χ3n) is 2.39. The van der Waals surface area contributed by atoms with Crippen molar-refractivity contribution in [3.8, 4) is 5.75 Å². The molecule has 2 rings (SSSR count). The standard InChI is InChI=1S/C13H14N2O2S/c1-17-11-5-2-4-10(8-11)12(16)9-18-13-14-6-3-7-15-13/h2-8,12,16H,9H2,1H3. The summed E-state index contributed by atoms with van der Waals surface area (Å²) in [6.07, 6.45) is 2.81. The van der Waals surface area contributed by atoms with Crippen LogP contribution in [0.25, 0.3) is 0 Å². The number of aliphatic hydroxyl groups is 1. The number of hydrogen-bond donors (Lipinski definition) is 1. The van der Waals surface area contributed by atoms with Gasteiger partial charge in [0.05, 0.1) is 13.2 Å². The summed E-state index contributed by atoms with van der Waals surface area (Å²) in [5.41, 5.74) is 0.831. The lowest BCUT2D eigenvalue weighted by Crippen LogP contribution is -2.01. The molecule has 0 aliphatic rings. The number of benzene rings is 1. The molecule has 0 radical (unpaired) electrons. The third-order valence-corrected chi connectivity index (χ3v) is 3.34. The zero-order chi connectivity index (χ0) is 12.8. The summed E-state index contributed by atoms with van der Waals surface area (Å²) in [5, 5.41) is 10.7. The van der Waals surface area contributed by atoms with Crippen LogP contribution >= 0.6 is 11.8 Å². The molecule has 2 aromatic rings. The Bertz CT molecular complexity index is 493. The monoisotopic (exact) mass is 262 g/mol. The highest BCUT2D eigenvalue weighted by Gasteiger charge is 2.09. The predicted molar refractivity (Wildman–Crippen MR) is 70.7 cm³/mol. The van der Waals surface area contributed by atoms with Crippen LogP contribution in [0.3, 0.4) is 0 Å². The van der Waals surface area contributed by atoms with E-state index in [-0.39, 0.29) is 0 Å². The van der Waals surface area contributed by atoms with Crippen LogP contribution in [0.15, 0.2) is 47.9 Å². The molecule has 0 spiro atoms. The van der Waals surface area contributed by atoms with E-state index in [1.807, 2.05) is 24.3 Å². The van der Waals surface area contributed by atoms with E-state index in [4.69, 9.17) is 4.74 Å². The molecule has 0 aliphatic heterocycles. The molecule has 1 N–H and O–H groups in total. The Morgan fingerprint density at radius 2 is 2.06 bits per heavy atom. The molecular weight excluding hydrogens is 248 g/mol. The Kier molecular flexibility index (Phi) is 4.55. The van der Waals surface area contributed by atoms with Gasteiger partial charge in [-0.3, -0.25) is 0 Å². The molecule has 0 fully saturated rings. The van der Waals surface area contributed by atoms with Gasteiger partial charge in [-0.25, -0.2) is 9.97 Å². The fourth-order valence-electron chi connectivity index (χ4n) is 1.46. The van der Waals surface area contributed by atoms with Crippen molar-refractivity contribution in [2.75, 3.05) is 12.9 Å². The number of hydrogen-bond acceptors (Lipinski definition) is 5. The molecule has 1 aromatic heterocycles. The lowest BCUT2D eigenvalue weighted by atomic mass is 10.1. The van der Waals surface area contributed by atoms with Crippen LogP contribution in [0.1, 0.15) is 11.7 Å². The maximum atomic E-state index is 10.1. The molecule has 1 unspecified atom stereocenters. The van der Waals surface area contributed by atoms with Gasteiger partial charge in [0.1, 0.15) is 5.75 Å². The fourth-order valence-corrected chi connectivity index (χ4v) is 2.23. The molecule has 4 nitrogen and oxygen atoms in total. The number of ether oxygens (including phenoxy) is 1. The molecule has 94 valence electrons. The van der Waals surface area contributed by atoms with Crippen molar-refractivity contribution in [2.45, 2.75) is 11.3 Å². The van der Waals surface area contributed by atoms with Gasteiger partial charge < -0.3 is 9.84 Å². The number of rotatable bonds is 5. The van der Waals surface area contributed by atoms with Crippen LogP contribution in [0, 0.1) is 0 Å². The van der Waals surface area contributed by atoms with Gasteiger partial charge in [0.25, 0.3) is 0 Å². The van der Waals surface area contributed by atoms with Gasteiger partial charge in [0, 0.05) is 18.1 Å². The Balaban J connectivity index is 1.97. The summed E-state index contributed by atoms with van der Waals surface area (Å²) >= 11 is 1.42. The third kappa shape index (κ3) is 3.45. The number of methoxy groups -OCH3 is 1. The minimum Gasteiger partial charge on any atom is -0.497 e. The molecule has 0 bridgehead atoms. The first-order valence-electron chi connectivity index (χ1n) is 5.51. The Labute approximate surface area is 110 Å². The van der Waals surface area contributed by atoms with E-state index in [0.29, 0.717) is 10.9 Å². The van der Waals surface area contributed by atoms with Crippen LogP contribution in [-0.2, 0) is 0 Å². The smallest absolute Gasteiger partial charge is 0.187 e. The minimum atomic E-state index is -0.561. The highest BCUT2D eigenvalue weighted by atomic mass is 32.2. The summed E-state index contributed by atoms with van der Waals surface area (Å²) < 4.78 is 5.13. The average Bonchev–Trinajstić information content (AvgIpc) is 2.46. The molecule has 0 saturated heterocycles. The van der Waals surface area contributed by atoms with Gasteiger partial charge >= 0.3 is 0 Å². The fraction of sp³-hybridized carbons (Fsp3) is 0.231. The van der Waals surface area contributed by atoms with E-state index in [1.54, 1.807) is 25.6 Å². The van der Waals surface area contributed by atoms with Crippen LogP contribution in [0.2, 0.25) is 0 Å². The van der Waals surface area contributed by atoms with Crippen LogP contribution < -0.4 is 4.74 Å². The Hall–Kier alpha value is -1.59. The summed E-state index contributed by atoms with van der Waals surface area (Å²) in [4.78, 5) is 8.19. The van der Waals surface area contributed by atoms with Crippen molar-refractivity contribution in [1.29, 1.82) is 0 Å². The number of aliphatic hydroxyl groups excluding tert-OH is 1. The molecular formula is C13H14N2O2S. The zero-order valence-electron chi connectivity index (χ0n) is 9.98. The molecule has 0 amide bonds. The molecule has 5 heteroatoms. The maximum absolute atomic E-state index is 10.1. The molecule has 1 atom stereocenters. The van der Waals surface area contributed by atoms with E-state index < -0.39 is 6.10 Å². The van der Waals surface area contributed by atoms with Crippen molar-refractivity contribution in [1.82, 2.24) is 9.97 Å². The van der Waals surface area contributed by atoms with Crippen molar-refractivity contribution in [3.05, 3.63) is 48.3 Å². The van der Waals surface area contributed by atoms with Crippen LogP contribution in [-0.4, -0.2) is 27.9 Å². The second-order valence-electron chi connectivity index (χ2n) is 3.63. The highest BCUT2D eigenvalue weighted by Crippen LogP contribution is 2.24. The summed E-state index contributed by atoms with van der Waals surface area (Å²) in [6.45, 7) is 0. The van der Waals surface area contributed by atoms with E-state index in [2.05, 4.69) is 9.97 Å². The highest BCUT2D eigenvalue weighted by molar-refractivity contribution is 7.99. The predicted octanol–water partition coefficient (Wildman–Crippen LogP) is 2.31. The normalized spacial score (nSPS) is 12.1. The topological polar surface area (TPSA) is 55.2 Å². The lowest BCUT2D eigenvalue weighted by Gasteiger charge is -2.11. The Morgan fingerprint density at radius 1 is 1.28 bits per heavy atom. The molecule has 1 aromatic carbocycles. The maximum Gasteiger partial charge on any atom is 0.187 e. The van der Waals surface area contributed by atoms with Gasteiger partial charge in [-0.2, -0.15) is 0 Å². The van der Waals surface area contributed by atoms with Gasteiger partial charge in [0.2, 0.25) is 0 Å². The van der Waals surface area contributed by atoms with Gasteiger partial charge in [-0.05, 0) is 23.8 Å². The second kappa shape index (κ2) is 6.37. The first kappa shape index (κ1) is 12.9. The quantitative estimate of drug-likeness (QED) is 0.662. The second-order valence-corrected chi connectivity index (χ2v) is 4.62. The molecule has 0 saturated carbocycles. The SMILES string of the molecule is COc1cccc(C(O)CSc2ncccn2)c1. The molecule has 0 aliphatic carbocycles. The van der Waals surface area contributed by atoms with Crippen LogP contribution in [0.4, 0.5) is 0 Å². The van der Waals surface area contributed by atoms with E-state index in [0.717, 1.165) is 11.3 Å². The van der Waals surface area contributed by atoms with E-state index in [1.165, 1.54) is 11.8 Å². The molecule has 1 heterocycles. The number of nitrogens with zero attached hydrogens (tertiary/aromatic N) is 2. The summed E-state index contributed by atoms with van der Waals surface area (Å²) in [6, 6.07) is 9.18. The van der Waals surface area contributed by atoms with E-state index >= 15 is 0 Å². The summed E-state index contributed by atoms with van der Waals surface area (Å²) in [5.74, 6) is 1.25. The van der Waals surface area contributed by atoms with Crippen LogP contribution in [0.5, 0.6) is 5.75 Å². The molecule has 18 heavy (non-hydrogen) atoms. The largest absolute Gasteiger partial charge is 0.497 e. The lowest BCUT2D eigenvalue weighted by molar-refractivity contribution is 0.203. The Morgan fingerprint density at radius 3 is 2.78 bits per heavy atom. The van der Waals surface area contributed by atoms with Gasteiger partial charge in [-0.15, -0.1) is 0 Å². The average molecular weight is 262 g/mol. The van der Waals surface area contributed by atoms with Crippen molar-refractivity contribution >= 4 is 11.8 Å². The van der Waals surface area contributed by atoms with Gasteiger partial charge in [0.15, 0.2) is 5.16 Å². The van der Waals surface area contributed by atoms with E-state index in [9.17, 15) is 5.11 Å². The minimum absolute atomic E-state index is 0.511. The van der Waals surface area contributed by atoms with Crippen molar-refractivity contribution < 1.29 is 9.84 Å². The van der Waals surface area contributed by atoms with Crippen molar-refractivity contribution in [2.24, 2.45) is 0 Å². The van der Waals surface area contributed by atoms with Gasteiger partial charge in [-0.1, -0.05) is 23.9 Å². The zero-order valence-corrected chi connectivity index (χ0v) is 10.8. The number of aromatic nitrogens is 2. The number of thioether (sulfide) groups is 1. The summed E-state index contributed by atoms with van der Waals surface area (Å²) in [7, 11) is 1.61. The van der Waals surface area contributed by atoms with Crippen molar-refractivity contribution in [3.63, 3.8) is 0 Å².